The van der Waals surface area contributed by atoms with Crippen molar-refractivity contribution in [2.75, 3.05) is 0 Å². The molecule has 0 fully saturated rings. The molecule has 0 unspecified atom stereocenters. The fourth-order valence-corrected chi connectivity index (χ4v) is 9.39. The maximum atomic E-state index is 5.44. The van der Waals surface area contributed by atoms with E-state index in [9.17, 15) is 0 Å². The van der Waals surface area contributed by atoms with E-state index in [0.29, 0.717) is 5.82 Å². The van der Waals surface area contributed by atoms with E-state index in [2.05, 4.69) is 202 Å². The van der Waals surface area contributed by atoms with Crippen molar-refractivity contribution < 1.29 is 0 Å². The van der Waals surface area contributed by atoms with E-state index in [1.54, 1.807) is 0 Å². The molecule has 0 radical (unpaired) electrons. The molecule has 1 heterocycles. The Kier molecular flexibility index (Phi) is 7.55. The molecule has 1 aromatic heterocycles. The third-order valence-corrected chi connectivity index (χ3v) is 12.1. The lowest BCUT2D eigenvalue weighted by molar-refractivity contribution is 0.660. The van der Waals surface area contributed by atoms with E-state index in [0.717, 1.165) is 28.1 Å². The van der Waals surface area contributed by atoms with Gasteiger partial charge in [-0.15, -0.1) is 0 Å². The molecule has 0 N–H and O–H groups in total. The van der Waals surface area contributed by atoms with E-state index in [1.807, 2.05) is 6.07 Å². The highest BCUT2D eigenvalue weighted by atomic mass is 14.9. The van der Waals surface area contributed by atoms with Gasteiger partial charge in [0.05, 0.1) is 11.4 Å². The van der Waals surface area contributed by atoms with Gasteiger partial charge in [-0.2, -0.15) is 0 Å². The maximum Gasteiger partial charge on any atom is 0.160 e. The van der Waals surface area contributed by atoms with Gasteiger partial charge in [-0.25, -0.2) is 9.97 Å². The number of hydrogen-bond donors (Lipinski definition) is 0. The van der Waals surface area contributed by atoms with Gasteiger partial charge in [-0.05, 0) is 77.5 Å². The summed E-state index contributed by atoms with van der Waals surface area (Å²) in [5.74, 6) is 0.705. The highest BCUT2D eigenvalue weighted by Gasteiger charge is 2.36. The Balaban J connectivity index is 1.15. The molecule has 2 heteroatoms. The van der Waals surface area contributed by atoms with E-state index >= 15 is 0 Å². The molecule has 0 saturated carbocycles. The minimum atomic E-state index is -0.0496. The number of aromatic nitrogens is 2. The second kappa shape index (κ2) is 13.0. The van der Waals surface area contributed by atoms with Crippen LogP contribution in [0.1, 0.15) is 25.0 Å². The van der Waals surface area contributed by atoms with Crippen molar-refractivity contribution in [1.29, 1.82) is 0 Å². The second-order valence-electron chi connectivity index (χ2n) is 15.7. The van der Waals surface area contributed by atoms with Crippen molar-refractivity contribution in [1.82, 2.24) is 9.97 Å². The van der Waals surface area contributed by atoms with Gasteiger partial charge in [0.15, 0.2) is 5.82 Å². The lowest BCUT2D eigenvalue weighted by atomic mass is 9.82. The summed E-state index contributed by atoms with van der Waals surface area (Å²) in [6, 6.07) is 70.1. The topological polar surface area (TPSA) is 25.8 Å². The van der Waals surface area contributed by atoms with Crippen LogP contribution < -0.4 is 0 Å². The third kappa shape index (κ3) is 5.25. The van der Waals surface area contributed by atoms with Gasteiger partial charge in [0.1, 0.15) is 0 Å². The molecular formula is C55H38N2. The molecule has 0 bridgehead atoms. The first kappa shape index (κ1) is 33.2. The van der Waals surface area contributed by atoms with Crippen LogP contribution in [0, 0.1) is 0 Å². The highest BCUT2D eigenvalue weighted by Crippen LogP contribution is 2.52. The molecule has 268 valence electrons. The molecule has 11 rings (SSSR count). The predicted octanol–water partition coefficient (Wildman–Crippen LogP) is 14.6. The van der Waals surface area contributed by atoms with Crippen molar-refractivity contribution in [3.63, 3.8) is 0 Å². The van der Waals surface area contributed by atoms with Gasteiger partial charge in [-0.3, -0.25) is 0 Å². The molecule has 2 nitrogen and oxygen atoms in total. The summed E-state index contributed by atoms with van der Waals surface area (Å²) >= 11 is 0. The Morgan fingerprint density at radius 1 is 0.351 bits per heavy atom. The van der Waals surface area contributed by atoms with Crippen LogP contribution in [0.15, 0.2) is 194 Å². The molecule has 0 saturated heterocycles. The van der Waals surface area contributed by atoms with Gasteiger partial charge in [0, 0.05) is 27.5 Å². The Hall–Kier alpha value is -7.16. The third-order valence-electron chi connectivity index (χ3n) is 12.1. The monoisotopic (exact) mass is 726 g/mol. The number of nitrogens with zero attached hydrogens (tertiary/aromatic N) is 2. The van der Waals surface area contributed by atoms with E-state index in [-0.39, 0.29) is 5.41 Å². The smallest absolute Gasteiger partial charge is 0.160 e. The van der Waals surface area contributed by atoms with Crippen LogP contribution >= 0.6 is 0 Å². The zero-order chi connectivity index (χ0) is 38.1. The van der Waals surface area contributed by atoms with Crippen LogP contribution in [0.2, 0.25) is 0 Å². The first-order valence-corrected chi connectivity index (χ1v) is 19.8. The molecule has 0 spiro atoms. The van der Waals surface area contributed by atoms with Crippen LogP contribution in [-0.4, -0.2) is 9.97 Å². The lowest BCUT2D eigenvalue weighted by Crippen LogP contribution is -2.14. The molecular weight excluding hydrogens is 689 g/mol. The minimum absolute atomic E-state index is 0.0496. The van der Waals surface area contributed by atoms with Crippen molar-refractivity contribution in [3.8, 4) is 67.3 Å². The average Bonchev–Trinajstić information content (AvgIpc) is 3.51. The zero-order valence-corrected chi connectivity index (χ0v) is 31.9. The number of benzene rings is 9. The van der Waals surface area contributed by atoms with Crippen molar-refractivity contribution in [2.45, 2.75) is 19.3 Å². The summed E-state index contributed by atoms with van der Waals surface area (Å²) in [6.45, 7) is 4.68. The standard InChI is InChI=1S/C55H38N2/c1-55(2)46-26-14-13-24-44(46)51-40(25-15-27-47(51)55)36-28-30-37(31-29-36)48-34-49(57-54(56-48)39-19-7-4-8-20-39)53-43-23-12-11-22-42(43)50(38-17-5-3-6-18-38)45-33-32-35-16-9-10-21-41(35)52(45)53/h3-34H,1-2H3. The van der Waals surface area contributed by atoms with Gasteiger partial charge in [-0.1, -0.05) is 202 Å². The van der Waals surface area contributed by atoms with Gasteiger partial charge in [0.25, 0.3) is 0 Å². The SMILES string of the molecule is CC1(C)c2ccccc2-c2c(-c3ccc(-c4cc(-c5c6ccccc6c(-c6ccccc6)c6ccc7ccccc7c56)nc(-c5ccccc5)n4)cc3)cccc21. The number of fused-ring (bicyclic) bond motifs is 7. The van der Waals surface area contributed by atoms with Gasteiger partial charge >= 0.3 is 0 Å². The lowest BCUT2D eigenvalue weighted by Gasteiger charge is -2.21. The van der Waals surface area contributed by atoms with E-state index < -0.39 is 0 Å². The summed E-state index contributed by atoms with van der Waals surface area (Å²) in [6.07, 6.45) is 0. The Bertz CT molecular complexity index is 3180. The summed E-state index contributed by atoms with van der Waals surface area (Å²) in [5.41, 5.74) is 15.2. The van der Waals surface area contributed by atoms with Crippen molar-refractivity contribution in [3.05, 3.63) is 205 Å². The highest BCUT2D eigenvalue weighted by molar-refractivity contribution is 6.27. The Morgan fingerprint density at radius 2 is 0.930 bits per heavy atom. The molecule has 10 aromatic rings. The van der Waals surface area contributed by atoms with E-state index in [1.165, 1.54) is 76.8 Å². The largest absolute Gasteiger partial charge is 0.228 e. The Morgan fingerprint density at radius 3 is 1.70 bits per heavy atom. The van der Waals surface area contributed by atoms with Crippen molar-refractivity contribution >= 4 is 32.3 Å². The van der Waals surface area contributed by atoms with Crippen molar-refractivity contribution in [2.24, 2.45) is 0 Å². The normalized spacial score (nSPS) is 12.9. The predicted molar refractivity (Wildman–Crippen MR) is 239 cm³/mol. The van der Waals surface area contributed by atoms with Crippen LogP contribution in [0.25, 0.3) is 99.6 Å². The van der Waals surface area contributed by atoms with Crippen LogP contribution in [0.4, 0.5) is 0 Å². The van der Waals surface area contributed by atoms with Crippen LogP contribution in [0.3, 0.4) is 0 Å². The molecule has 57 heavy (non-hydrogen) atoms. The summed E-state index contributed by atoms with van der Waals surface area (Å²) in [5, 5.41) is 7.18. The second-order valence-corrected chi connectivity index (χ2v) is 15.7. The average molecular weight is 727 g/mol. The van der Waals surface area contributed by atoms with Gasteiger partial charge < -0.3 is 0 Å². The zero-order valence-electron chi connectivity index (χ0n) is 31.9. The molecule has 9 aromatic carbocycles. The van der Waals surface area contributed by atoms with Crippen LogP contribution in [-0.2, 0) is 5.41 Å². The fourth-order valence-electron chi connectivity index (χ4n) is 9.39. The molecule has 0 aliphatic heterocycles. The molecule has 0 amide bonds. The van der Waals surface area contributed by atoms with Crippen LogP contribution in [0.5, 0.6) is 0 Å². The summed E-state index contributed by atoms with van der Waals surface area (Å²) in [7, 11) is 0. The quantitative estimate of drug-likeness (QED) is 0.130. The summed E-state index contributed by atoms with van der Waals surface area (Å²) < 4.78 is 0. The van der Waals surface area contributed by atoms with Gasteiger partial charge in [0.2, 0.25) is 0 Å². The first-order chi connectivity index (χ1) is 28.0. The number of rotatable bonds is 5. The Labute approximate surface area is 332 Å². The fraction of sp³-hybridized carbons (Fsp3) is 0.0545. The van der Waals surface area contributed by atoms with E-state index in [4.69, 9.17) is 9.97 Å². The summed E-state index contributed by atoms with van der Waals surface area (Å²) in [4.78, 5) is 10.7. The number of hydrogen-bond acceptors (Lipinski definition) is 2. The molecule has 1 aliphatic rings. The minimum Gasteiger partial charge on any atom is -0.228 e. The first-order valence-electron chi connectivity index (χ1n) is 19.8. The molecule has 1 aliphatic carbocycles. The molecule has 0 atom stereocenters. The maximum absolute atomic E-state index is 5.44.